The number of halogens is 1. The van der Waals surface area contributed by atoms with E-state index in [1.54, 1.807) is 0 Å². The van der Waals surface area contributed by atoms with Gasteiger partial charge in [-0.05, 0) is 47.7 Å². The molecular formula is C36H31ClP2Ru. The van der Waals surface area contributed by atoms with E-state index in [9.17, 15) is 0 Å². The summed E-state index contributed by atoms with van der Waals surface area (Å²) < 4.78 is 0. The van der Waals surface area contributed by atoms with Crippen LogP contribution in [0.2, 0.25) is 0 Å². The summed E-state index contributed by atoms with van der Waals surface area (Å²) in [4.78, 5) is 0. The molecule has 0 saturated heterocycles. The van der Waals surface area contributed by atoms with Crippen molar-refractivity contribution in [3.63, 3.8) is 0 Å². The number of hydrogen-bond donors (Lipinski definition) is 0. The van der Waals surface area contributed by atoms with Gasteiger partial charge in [0.2, 0.25) is 0 Å². The molecule has 0 bridgehead atoms. The molecule has 0 nitrogen and oxygen atoms in total. The van der Waals surface area contributed by atoms with E-state index in [0.717, 1.165) is 0 Å². The summed E-state index contributed by atoms with van der Waals surface area (Å²) in [6.07, 6.45) is 0. The van der Waals surface area contributed by atoms with E-state index in [1.165, 1.54) is 31.8 Å². The van der Waals surface area contributed by atoms with Crippen molar-refractivity contribution in [2.24, 2.45) is 0 Å². The van der Waals surface area contributed by atoms with E-state index in [4.69, 9.17) is 0 Å². The molecule has 6 aromatic carbocycles. The van der Waals surface area contributed by atoms with Crippen LogP contribution in [0, 0.1) is 0 Å². The van der Waals surface area contributed by atoms with Crippen LogP contribution in [0.3, 0.4) is 0 Å². The number of hydrogen-bond acceptors (Lipinski definition) is 0. The maximum absolute atomic E-state index is 2.23. The van der Waals surface area contributed by atoms with Gasteiger partial charge in [-0.15, -0.1) is 12.4 Å². The third-order valence-electron chi connectivity index (χ3n) is 6.09. The van der Waals surface area contributed by atoms with E-state index in [0.29, 0.717) is 0 Å². The van der Waals surface area contributed by atoms with Gasteiger partial charge in [0, 0.05) is 19.5 Å². The first kappa shape index (κ1) is 31.6. The molecule has 0 aliphatic heterocycles. The molecule has 4 heteroatoms. The van der Waals surface area contributed by atoms with E-state index in [-0.39, 0.29) is 31.9 Å². The van der Waals surface area contributed by atoms with Crippen LogP contribution in [0.25, 0.3) is 0 Å². The summed E-state index contributed by atoms with van der Waals surface area (Å²) in [7, 11) is -0.892. The molecule has 0 aromatic heterocycles. The van der Waals surface area contributed by atoms with Crippen LogP contribution in [-0.2, 0) is 19.5 Å². The van der Waals surface area contributed by atoms with E-state index >= 15 is 0 Å². The van der Waals surface area contributed by atoms with Crippen LogP contribution in [0.5, 0.6) is 0 Å². The zero-order chi connectivity index (χ0) is 25.8. The van der Waals surface area contributed by atoms with Gasteiger partial charge in [0.25, 0.3) is 0 Å². The Morgan fingerprint density at radius 3 is 0.475 bits per heavy atom. The van der Waals surface area contributed by atoms with Crippen molar-refractivity contribution in [1.82, 2.24) is 0 Å². The van der Waals surface area contributed by atoms with Gasteiger partial charge in [0.05, 0.1) is 0 Å². The zero-order valence-electron chi connectivity index (χ0n) is 22.0. The van der Waals surface area contributed by atoms with Gasteiger partial charge >= 0.3 is 0 Å². The minimum atomic E-state index is -0.446. The van der Waals surface area contributed by atoms with E-state index < -0.39 is 15.8 Å². The molecule has 0 unspecified atom stereocenters. The van der Waals surface area contributed by atoms with Crippen molar-refractivity contribution in [2.45, 2.75) is 0 Å². The molecule has 40 heavy (non-hydrogen) atoms. The van der Waals surface area contributed by atoms with Gasteiger partial charge in [0.15, 0.2) is 0 Å². The third kappa shape index (κ3) is 8.54. The molecule has 200 valence electrons. The van der Waals surface area contributed by atoms with Crippen molar-refractivity contribution in [3.8, 4) is 0 Å². The molecule has 0 saturated carbocycles. The van der Waals surface area contributed by atoms with Gasteiger partial charge in [-0.1, -0.05) is 182 Å². The summed E-state index contributed by atoms with van der Waals surface area (Å²) in [6, 6.07) is 64.7. The van der Waals surface area contributed by atoms with Gasteiger partial charge in [-0.25, -0.2) is 0 Å². The Morgan fingerprint density at radius 2 is 0.350 bits per heavy atom. The average molecular weight is 662 g/mol. The predicted molar refractivity (Wildman–Crippen MR) is 178 cm³/mol. The van der Waals surface area contributed by atoms with Gasteiger partial charge < -0.3 is 0 Å². The second-order valence-corrected chi connectivity index (χ2v) is 13.1. The Hall–Kier alpha value is -2.91. The van der Waals surface area contributed by atoms with E-state index in [1.807, 2.05) is 0 Å². The Balaban J connectivity index is 0.000000210. The molecule has 0 heterocycles. The second kappa shape index (κ2) is 17.0. The Morgan fingerprint density at radius 1 is 0.225 bits per heavy atom. The minimum Gasteiger partial charge on any atom is -0.147 e. The van der Waals surface area contributed by atoms with Crippen LogP contribution >= 0.6 is 28.3 Å². The summed E-state index contributed by atoms with van der Waals surface area (Å²) in [5.74, 6) is 0. The fourth-order valence-electron chi connectivity index (χ4n) is 4.36. The van der Waals surface area contributed by atoms with Crippen molar-refractivity contribution in [3.05, 3.63) is 182 Å². The standard InChI is InChI=1S/2C18H15P.ClH.Ru/c2*1-4-10-16(11-5-1)19(17-12-6-2-7-13-17)18-14-8-3-9-15-18;;/h2*1-15H;1H;. The molecule has 0 fully saturated rings. The van der Waals surface area contributed by atoms with Crippen molar-refractivity contribution in [1.29, 1.82) is 0 Å². The van der Waals surface area contributed by atoms with Crippen molar-refractivity contribution >= 4 is 60.1 Å². The molecule has 0 spiro atoms. The zero-order valence-corrected chi connectivity index (χ0v) is 26.3. The molecule has 6 rings (SSSR count). The Bertz CT molecular complexity index is 1180. The van der Waals surface area contributed by atoms with Crippen LogP contribution in [0.15, 0.2) is 182 Å². The average Bonchev–Trinajstić information content (AvgIpc) is 3.01. The first-order chi connectivity index (χ1) is 18.9. The Kier molecular flexibility index (Phi) is 13.5. The van der Waals surface area contributed by atoms with Crippen LogP contribution in [0.4, 0.5) is 0 Å². The summed E-state index contributed by atoms with van der Waals surface area (Å²) in [6.45, 7) is 0. The quantitative estimate of drug-likeness (QED) is 0.130. The summed E-state index contributed by atoms with van der Waals surface area (Å²) in [5.41, 5.74) is 0. The Labute approximate surface area is 260 Å². The monoisotopic (exact) mass is 662 g/mol. The van der Waals surface area contributed by atoms with Gasteiger partial charge in [-0.3, -0.25) is 0 Å². The van der Waals surface area contributed by atoms with Crippen LogP contribution in [0.1, 0.15) is 0 Å². The fraction of sp³-hybridized carbons (Fsp3) is 0. The van der Waals surface area contributed by atoms with Gasteiger partial charge in [-0.2, -0.15) is 0 Å². The molecule has 6 aromatic rings. The molecule has 0 aliphatic carbocycles. The third-order valence-corrected chi connectivity index (χ3v) is 11.0. The molecule has 0 radical (unpaired) electrons. The van der Waals surface area contributed by atoms with E-state index in [2.05, 4.69) is 182 Å². The number of rotatable bonds is 6. The largest absolute Gasteiger partial charge is 0.147 e. The van der Waals surface area contributed by atoms with Crippen LogP contribution in [-0.4, -0.2) is 0 Å². The molecule has 0 aliphatic rings. The fourth-order valence-corrected chi connectivity index (χ4v) is 8.97. The molecular weight excluding hydrogens is 631 g/mol. The minimum absolute atomic E-state index is 0. The van der Waals surface area contributed by atoms with Crippen LogP contribution < -0.4 is 31.8 Å². The first-order valence-corrected chi connectivity index (χ1v) is 15.5. The summed E-state index contributed by atoms with van der Waals surface area (Å²) in [5, 5.41) is 8.39. The van der Waals surface area contributed by atoms with Gasteiger partial charge in [0.1, 0.15) is 0 Å². The van der Waals surface area contributed by atoms with Crippen molar-refractivity contribution in [2.75, 3.05) is 0 Å². The summed E-state index contributed by atoms with van der Waals surface area (Å²) >= 11 is 0. The smallest absolute Gasteiger partial charge is 0 e. The molecule has 0 atom stereocenters. The SMILES string of the molecule is Cl.[Ru].c1ccc(P(c2ccccc2)c2ccccc2)cc1.c1ccc(P(c2ccccc2)c2ccccc2)cc1. The topological polar surface area (TPSA) is 0 Å². The molecule has 0 N–H and O–H groups in total. The first-order valence-electron chi connectivity index (χ1n) is 12.8. The second-order valence-electron chi connectivity index (χ2n) is 8.68. The van der Waals surface area contributed by atoms with Crippen molar-refractivity contribution < 1.29 is 19.5 Å². The normalized spacial score (nSPS) is 10.1. The number of benzene rings is 6. The maximum atomic E-state index is 2.23. The predicted octanol–water partition coefficient (Wildman–Crippen LogP) is 7.31. The molecule has 0 amide bonds. The maximum Gasteiger partial charge on any atom is 0 e.